The molecule has 4 aromatic carbocycles. The van der Waals surface area contributed by atoms with Crippen LogP contribution in [-0.4, -0.2) is 5.71 Å². The van der Waals surface area contributed by atoms with Crippen molar-refractivity contribution in [1.29, 1.82) is 0 Å². The van der Waals surface area contributed by atoms with E-state index in [-0.39, 0.29) is 17.3 Å². The highest BCUT2D eigenvalue weighted by Crippen LogP contribution is 2.56. The van der Waals surface area contributed by atoms with Crippen molar-refractivity contribution < 1.29 is 4.74 Å². The Morgan fingerprint density at radius 2 is 1.65 bits per heavy atom. The Morgan fingerprint density at radius 1 is 0.853 bits per heavy atom. The van der Waals surface area contributed by atoms with Crippen LogP contribution in [0.3, 0.4) is 0 Å². The van der Waals surface area contributed by atoms with Gasteiger partial charge in [0, 0.05) is 30.2 Å². The lowest BCUT2D eigenvalue weighted by atomic mass is 9.80. The van der Waals surface area contributed by atoms with Gasteiger partial charge in [-0.05, 0) is 53.6 Å². The number of hydrogen-bond donors (Lipinski definition) is 0. The van der Waals surface area contributed by atoms with Crippen LogP contribution in [0.25, 0.3) is 0 Å². The second-order valence-electron chi connectivity index (χ2n) is 8.28. The van der Waals surface area contributed by atoms with Crippen molar-refractivity contribution >= 4 is 62.3 Å². The van der Waals surface area contributed by atoms with E-state index in [2.05, 4.69) is 58.4 Å². The Morgan fingerprint density at radius 3 is 2.47 bits per heavy atom. The number of halogens is 3. The standard InChI is InChI=1S/C28H18BrCl2NOS/c29-17-10-13-22-24(14-17)34-28(19-12-11-18(30)15-21(19)31)25-26(32-22)20-8-4-5-9-23(20)33-27(25)16-6-2-1-3-7-16/h1-15,25,27-28H. The fraction of sp³-hybridized carbons (Fsp3) is 0.107. The van der Waals surface area contributed by atoms with E-state index in [1.807, 2.05) is 48.5 Å². The largest absolute Gasteiger partial charge is 0.484 e. The Balaban J connectivity index is 1.63. The van der Waals surface area contributed by atoms with Crippen LogP contribution in [0.15, 0.2) is 105 Å². The molecule has 6 heteroatoms. The number of hydrogen-bond acceptors (Lipinski definition) is 3. The van der Waals surface area contributed by atoms with Crippen LogP contribution >= 0.6 is 50.9 Å². The molecule has 4 aromatic rings. The van der Waals surface area contributed by atoms with E-state index in [0.717, 1.165) is 43.2 Å². The van der Waals surface area contributed by atoms with Gasteiger partial charge in [-0.3, -0.25) is 4.99 Å². The first kappa shape index (κ1) is 22.2. The maximum Gasteiger partial charge on any atom is 0.134 e. The summed E-state index contributed by atoms with van der Waals surface area (Å²) in [6.07, 6.45) is -0.225. The molecule has 2 aliphatic heterocycles. The van der Waals surface area contributed by atoms with Crippen LogP contribution in [0.1, 0.15) is 28.0 Å². The maximum atomic E-state index is 6.81. The zero-order valence-corrected chi connectivity index (χ0v) is 21.7. The van der Waals surface area contributed by atoms with E-state index in [9.17, 15) is 0 Å². The summed E-state index contributed by atoms with van der Waals surface area (Å²) in [7, 11) is 0. The summed E-state index contributed by atoms with van der Waals surface area (Å²) in [5.41, 5.74) is 5.11. The monoisotopic (exact) mass is 565 g/mol. The Labute approximate surface area is 221 Å². The number of rotatable bonds is 2. The molecule has 0 fully saturated rings. The van der Waals surface area contributed by atoms with E-state index in [4.69, 9.17) is 32.9 Å². The summed E-state index contributed by atoms with van der Waals surface area (Å²) in [5, 5.41) is 1.22. The molecule has 0 saturated carbocycles. The third kappa shape index (κ3) is 3.97. The molecule has 0 bridgehead atoms. The number of benzene rings is 4. The molecule has 0 radical (unpaired) electrons. The van der Waals surface area contributed by atoms with Gasteiger partial charge in [-0.25, -0.2) is 0 Å². The van der Waals surface area contributed by atoms with E-state index in [0.29, 0.717) is 10.0 Å². The molecule has 0 saturated heterocycles. The van der Waals surface area contributed by atoms with E-state index in [1.165, 1.54) is 0 Å². The molecular formula is C28H18BrCl2NOS. The SMILES string of the molecule is Clc1ccc(C2Sc3cc(Br)ccc3N=C3c4ccccc4OC(c4ccccc4)C32)c(Cl)c1. The van der Waals surface area contributed by atoms with Gasteiger partial charge in [0.1, 0.15) is 11.9 Å². The number of ether oxygens (including phenoxy) is 1. The first-order valence-electron chi connectivity index (χ1n) is 10.9. The molecule has 0 spiro atoms. The summed E-state index contributed by atoms with van der Waals surface area (Å²) in [6, 6.07) is 30.5. The van der Waals surface area contributed by atoms with Crippen LogP contribution in [0.5, 0.6) is 5.75 Å². The van der Waals surface area contributed by atoms with Crippen LogP contribution in [0.4, 0.5) is 5.69 Å². The van der Waals surface area contributed by atoms with Gasteiger partial charge in [-0.15, -0.1) is 11.8 Å². The number of nitrogens with zero attached hydrogens (tertiary/aromatic N) is 1. The highest BCUT2D eigenvalue weighted by atomic mass is 79.9. The first-order chi connectivity index (χ1) is 16.6. The molecule has 0 N–H and O–H groups in total. The first-order valence-corrected chi connectivity index (χ1v) is 13.3. The molecule has 3 atom stereocenters. The summed E-state index contributed by atoms with van der Waals surface area (Å²) >= 11 is 18.5. The molecule has 0 aliphatic carbocycles. The van der Waals surface area contributed by atoms with Crippen LogP contribution in [0.2, 0.25) is 10.0 Å². The average molecular weight is 567 g/mol. The zero-order chi connectivity index (χ0) is 23.2. The van der Waals surface area contributed by atoms with Gasteiger partial charge in [-0.1, -0.05) is 87.7 Å². The van der Waals surface area contributed by atoms with Gasteiger partial charge in [0.15, 0.2) is 0 Å². The number of fused-ring (bicyclic) bond motifs is 4. The molecule has 168 valence electrons. The zero-order valence-electron chi connectivity index (χ0n) is 17.8. The van der Waals surface area contributed by atoms with Gasteiger partial charge in [0.2, 0.25) is 0 Å². The van der Waals surface area contributed by atoms with Crippen molar-refractivity contribution in [3.8, 4) is 5.75 Å². The minimum absolute atomic E-state index is 0.0439. The third-order valence-corrected chi connectivity index (χ3v) is 8.64. The minimum Gasteiger partial charge on any atom is -0.484 e. The fourth-order valence-electron chi connectivity index (χ4n) is 4.67. The van der Waals surface area contributed by atoms with Gasteiger partial charge < -0.3 is 4.74 Å². The number of aliphatic imine (C=N–C) groups is 1. The maximum absolute atomic E-state index is 6.81. The second-order valence-corrected chi connectivity index (χ2v) is 11.2. The molecule has 2 aliphatic rings. The Kier molecular flexibility index (Phi) is 5.94. The number of para-hydroxylation sites is 1. The lowest BCUT2D eigenvalue weighted by Gasteiger charge is -2.38. The van der Waals surface area contributed by atoms with E-state index >= 15 is 0 Å². The van der Waals surface area contributed by atoms with Crippen molar-refractivity contribution in [2.24, 2.45) is 10.9 Å². The predicted molar refractivity (Wildman–Crippen MR) is 145 cm³/mol. The van der Waals surface area contributed by atoms with Crippen LogP contribution in [-0.2, 0) is 0 Å². The van der Waals surface area contributed by atoms with Crippen molar-refractivity contribution in [2.75, 3.05) is 0 Å². The van der Waals surface area contributed by atoms with Gasteiger partial charge >= 0.3 is 0 Å². The Bertz CT molecular complexity index is 1430. The second kappa shape index (κ2) is 9.09. The van der Waals surface area contributed by atoms with Crippen molar-refractivity contribution in [2.45, 2.75) is 16.2 Å². The summed E-state index contributed by atoms with van der Waals surface area (Å²) in [5.74, 6) is 0.769. The summed E-state index contributed by atoms with van der Waals surface area (Å²) in [4.78, 5) is 6.36. The average Bonchev–Trinajstić information content (AvgIpc) is 3.01. The molecule has 0 aromatic heterocycles. The Hall–Kier alpha value is -2.24. The minimum atomic E-state index is -0.225. The van der Waals surface area contributed by atoms with E-state index < -0.39 is 0 Å². The van der Waals surface area contributed by atoms with Crippen molar-refractivity contribution in [3.63, 3.8) is 0 Å². The fourth-order valence-corrected chi connectivity index (χ4v) is 7.23. The van der Waals surface area contributed by atoms with Crippen molar-refractivity contribution in [1.82, 2.24) is 0 Å². The highest BCUT2D eigenvalue weighted by Gasteiger charge is 2.44. The molecule has 2 nitrogen and oxygen atoms in total. The summed E-state index contributed by atoms with van der Waals surface area (Å²) < 4.78 is 7.72. The third-order valence-electron chi connectivity index (χ3n) is 6.20. The molecule has 0 amide bonds. The quantitative estimate of drug-likeness (QED) is 0.241. The topological polar surface area (TPSA) is 21.6 Å². The molecule has 34 heavy (non-hydrogen) atoms. The summed E-state index contributed by atoms with van der Waals surface area (Å²) in [6.45, 7) is 0. The molecule has 2 heterocycles. The predicted octanol–water partition coefficient (Wildman–Crippen LogP) is 9.47. The molecular weight excluding hydrogens is 549 g/mol. The van der Waals surface area contributed by atoms with E-state index in [1.54, 1.807) is 11.8 Å². The normalized spacial score (nSPS) is 20.8. The molecule has 3 unspecified atom stereocenters. The number of thioether (sulfide) groups is 1. The van der Waals surface area contributed by atoms with Crippen LogP contribution < -0.4 is 4.74 Å². The van der Waals surface area contributed by atoms with Crippen molar-refractivity contribution in [3.05, 3.63) is 122 Å². The molecule has 6 rings (SSSR count). The van der Waals surface area contributed by atoms with Crippen LogP contribution in [0, 0.1) is 5.92 Å². The van der Waals surface area contributed by atoms with Gasteiger partial charge in [0.05, 0.1) is 17.3 Å². The van der Waals surface area contributed by atoms with Gasteiger partial charge in [-0.2, -0.15) is 0 Å². The lowest BCUT2D eigenvalue weighted by Crippen LogP contribution is -2.35. The van der Waals surface area contributed by atoms with Gasteiger partial charge in [0.25, 0.3) is 0 Å². The highest BCUT2D eigenvalue weighted by molar-refractivity contribution is 9.10. The smallest absolute Gasteiger partial charge is 0.134 e. The lowest BCUT2D eigenvalue weighted by molar-refractivity contribution is 0.156.